The quantitative estimate of drug-likeness (QED) is 0.627. The fourth-order valence-corrected chi connectivity index (χ4v) is 4.14. The molecule has 0 aliphatic carbocycles. The first-order valence-corrected chi connectivity index (χ1v) is 8.78. The van der Waals surface area contributed by atoms with Crippen LogP contribution in [0.2, 0.25) is 5.32 Å². The van der Waals surface area contributed by atoms with Crippen molar-refractivity contribution in [1.29, 1.82) is 10.5 Å². The fourth-order valence-electron chi connectivity index (χ4n) is 2.29. The second-order valence-corrected chi connectivity index (χ2v) is 6.77. The van der Waals surface area contributed by atoms with Crippen LogP contribution < -0.4 is 5.32 Å². The molecular formula is C16H13N3O3Se. The normalized spacial score (nSPS) is 20.2. The van der Waals surface area contributed by atoms with Crippen molar-refractivity contribution in [2.24, 2.45) is 5.92 Å². The van der Waals surface area contributed by atoms with Gasteiger partial charge in [0.25, 0.3) is 0 Å². The first-order chi connectivity index (χ1) is 11.1. The Morgan fingerprint density at radius 3 is 2.61 bits per heavy atom. The van der Waals surface area contributed by atoms with Crippen LogP contribution in [-0.2, 0) is 14.3 Å². The number of allylic oxidation sites excluding steroid dienone is 1. The molecule has 0 bridgehead atoms. The zero-order valence-corrected chi connectivity index (χ0v) is 14.0. The van der Waals surface area contributed by atoms with Crippen LogP contribution in [0.1, 0.15) is 11.5 Å². The van der Waals surface area contributed by atoms with Crippen molar-refractivity contribution < 1.29 is 14.3 Å². The maximum atomic E-state index is 12.2. The van der Waals surface area contributed by atoms with Gasteiger partial charge in [-0.15, -0.1) is 0 Å². The van der Waals surface area contributed by atoms with E-state index in [-0.39, 0.29) is 5.32 Å². The molecule has 0 saturated carbocycles. The van der Waals surface area contributed by atoms with Gasteiger partial charge in [0.1, 0.15) is 0 Å². The Hall–Kier alpha value is -2.60. The van der Waals surface area contributed by atoms with Crippen molar-refractivity contribution >= 4 is 26.8 Å². The average Bonchev–Trinajstić information content (AvgIpc) is 2.59. The Morgan fingerprint density at radius 1 is 1.35 bits per heavy atom. The molecule has 0 fully saturated rings. The molecule has 0 spiro atoms. The van der Waals surface area contributed by atoms with E-state index in [0.717, 1.165) is 5.56 Å². The van der Waals surface area contributed by atoms with Crippen molar-refractivity contribution in [1.82, 2.24) is 5.32 Å². The molecule has 1 aromatic carbocycles. The van der Waals surface area contributed by atoms with Crippen LogP contribution in [0.4, 0.5) is 0 Å². The molecule has 1 heterocycles. The van der Waals surface area contributed by atoms with Gasteiger partial charge in [-0.2, -0.15) is 0 Å². The van der Waals surface area contributed by atoms with Crippen LogP contribution in [0.5, 0.6) is 0 Å². The van der Waals surface area contributed by atoms with Gasteiger partial charge in [0, 0.05) is 0 Å². The van der Waals surface area contributed by atoms with E-state index in [1.807, 2.05) is 12.1 Å². The SMILES string of the molecule is COC(=O)C[Se]C1=C(C#N)C(c2ccccc2)C(C#N)C(=O)N1. The summed E-state index contributed by atoms with van der Waals surface area (Å²) >= 11 is -0.443. The Morgan fingerprint density at radius 2 is 2.04 bits per heavy atom. The van der Waals surface area contributed by atoms with Crippen LogP contribution in [0.25, 0.3) is 0 Å². The Balaban J connectivity index is 2.45. The summed E-state index contributed by atoms with van der Waals surface area (Å²) in [5.41, 5.74) is 1.07. The number of amides is 1. The third-order valence-corrected chi connectivity index (χ3v) is 5.47. The number of benzene rings is 1. The van der Waals surface area contributed by atoms with E-state index in [1.54, 1.807) is 24.3 Å². The minimum absolute atomic E-state index is 0.114. The van der Waals surface area contributed by atoms with Crippen LogP contribution in [0.3, 0.4) is 0 Å². The molecule has 1 amide bonds. The summed E-state index contributed by atoms with van der Waals surface area (Å²) < 4.78 is 5.04. The van der Waals surface area contributed by atoms with Gasteiger partial charge in [-0.3, -0.25) is 0 Å². The first-order valence-electron chi connectivity index (χ1n) is 6.71. The summed E-state index contributed by atoms with van der Waals surface area (Å²) in [4.78, 5) is 23.5. The van der Waals surface area contributed by atoms with Crippen molar-refractivity contribution in [3.05, 3.63) is 46.1 Å². The number of nitrogens with one attached hydrogen (secondary N) is 1. The van der Waals surface area contributed by atoms with E-state index < -0.39 is 38.7 Å². The van der Waals surface area contributed by atoms with Gasteiger partial charge in [-0.05, 0) is 0 Å². The molecule has 23 heavy (non-hydrogen) atoms. The monoisotopic (exact) mass is 375 g/mol. The molecule has 7 heteroatoms. The van der Waals surface area contributed by atoms with Crippen LogP contribution in [0.15, 0.2) is 40.5 Å². The number of methoxy groups -OCH3 is 1. The summed E-state index contributed by atoms with van der Waals surface area (Å²) in [7, 11) is 1.29. The Bertz CT molecular complexity index is 731. The predicted octanol–water partition coefficient (Wildman–Crippen LogP) is 1.07. The van der Waals surface area contributed by atoms with Crippen LogP contribution in [0, 0.1) is 28.6 Å². The number of esters is 1. The summed E-state index contributed by atoms with van der Waals surface area (Å²) in [5.74, 6) is -2.43. The molecule has 1 aliphatic rings. The van der Waals surface area contributed by atoms with Crippen LogP contribution in [-0.4, -0.2) is 33.9 Å². The Kier molecular flexibility index (Phi) is 5.54. The molecule has 1 N–H and O–H groups in total. The molecular weight excluding hydrogens is 361 g/mol. The van der Waals surface area contributed by atoms with Gasteiger partial charge in [0.05, 0.1) is 0 Å². The molecule has 0 radical (unpaired) electrons. The van der Waals surface area contributed by atoms with Gasteiger partial charge < -0.3 is 0 Å². The fraction of sp³-hybridized carbons (Fsp3) is 0.250. The summed E-state index contributed by atoms with van der Waals surface area (Å²) in [6, 6.07) is 13.1. The van der Waals surface area contributed by atoms with Gasteiger partial charge in [0.15, 0.2) is 0 Å². The van der Waals surface area contributed by atoms with E-state index in [0.29, 0.717) is 10.2 Å². The molecule has 2 atom stereocenters. The molecule has 116 valence electrons. The van der Waals surface area contributed by atoms with Crippen molar-refractivity contribution in [2.45, 2.75) is 11.2 Å². The van der Waals surface area contributed by atoms with E-state index >= 15 is 0 Å². The molecule has 0 aromatic heterocycles. The van der Waals surface area contributed by atoms with Gasteiger partial charge in [-0.25, -0.2) is 0 Å². The standard InChI is InChI=1S/C16H13N3O3Se/c1-22-13(20)9-23-16-12(8-18)14(10-5-3-2-4-6-10)11(7-17)15(21)19-16/h2-6,11,14H,9H2,1H3,(H,19,21). The summed E-state index contributed by atoms with van der Waals surface area (Å²) in [5, 5.41) is 21.6. The topological polar surface area (TPSA) is 103 Å². The molecule has 0 saturated heterocycles. The zero-order chi connectivity index (χ0) is 16.8. The maximum absolute atomic E-state index is 12.2. The summed E-state index contributed by atoms with van der Waals surface area (Å²) in [6.07, 6.45) is 0. The van der Waals surface area contributed by atoms with E-state index in [9.17, 15) is 20.1 Å². The number of ether oxygens (including phenoxy) is 1. The average molecular weight is 374 g/mol. The number of rotatable bonds is 4. The number of hydrogen-bond donors (Lipinski definition) is 1. The van der Waals surface area contributed by atoms with E-state index in [2.05, 4.69) is 16.1 Å². The predicted molar refractivity (Wildman–Crippen MR) is 81.6 cm³/mol. The zero-order valence-electron chi connectivity index (χ0n) is 12.3. The van der Waals surface area contributed by atoms with Crippen molar-refractivity contribution in [3.63, 3.8) is 0 Å². The summed E-state index contributed by atoms with van der Waals surface area (Å²) in [6.45, 7) is 0. The van der Waals surface area contributed by atoms with E-state index in [4.69, 9.17) is 0 Å². The molecule has 1 aliphatic heterocycles. The van der Waals surface area contributed by atoms with Crippen molar-refractivity contribution in [2.75, 3.05) is 7.11 Å². The molecule has 2 unspecified atom stereocenters. The number of carbonyl (C=O) groups is 2. The van der Waals surface area contributed by atoms with E-state index in [1.165, 1.54) is 7.11 Å². The second-order valence-electron chi connectivity index (χ2n) is 4.70. The number of hydrogen-bond acceptors (Lipinski definition) is 5. The molecule has 6 nitrogen and oxygen atoms in total. The first kappa shape index (κ1) is 16.8. The number of carbonyl (C=O) groups excluding carboxylic acids is 2. The third-order valence-electron chi connectivity index (χ3n) is 3.39. The Labute approximate surface area is 139 Å². The van der Waals surface area contributed by atoms with Crippen molar-refractivity contribution in [3.8, 4) is 12.1 Å². The number of nitriles is 2. The van der Waals surface area contributed by atoms with Gasteiger partial charge in [-0.1, -0.05) is 0 Å². The molecule has 2 rings (SSSR count). The molecule has 1 aromatic rings. The number of nitrogens with zero attached hydrogens (tertiary/aromatic N) is 2. The minimum atomic E-state index is -0.968. The van der Waals surface area contributed by atoms with Gasteiger partial charge >= 0.3 is 139 Å². The second kappa shape index (κ2) is 7.60. The van der Waals surface area contributed by atoms with Gasteiger partial charge in [0.2, 0.25) is 0 Å². The van der Waals surface area contributed by atoms with Crippen LogP contribution >= 0.6 is 0 Å². The third kappa shape index (κ3) is 3.60.